The summed E-state index contributed by atoms with van der Waals surface area (Å²) in [5.74, 6) is -0.0651. The molecule has 2 aromatic carbocycles. The van der Waals surface area contributed by atoms with E-state index >= 15 is 0 Å². The number of benzene rings is 2. The average molecular weight is 298 g/mol. The Balaban J connectivity index is 2.32. The molecule has 2 rings (SSSR count). The Labute approximate surface area is 116 Å². The lowest BCUT2D eigenvalue weighted by atomic mass is 10.2. The minimum atomic E-state index is -3.49. The van der Waals surface area contributed by atoms with Gasteiger partial charge in [-0.1, -0.05) is 23.7 Å². The molecule has 100 valence electrons. The van der Waals surface area contributed by atoms with Gasteiger partial charge in [-0.25, -0.2) is 8.42 Å². The number of phenolic OH excluding ortho intramolecular Hbond substituents is 1. The van der Waals surface area contributed by atoms with Gasteiger partial charge in [0.25, 0.3) is 0 Å². The molecule has 3 N–H and O–H groups in total. The molecule has 0 unspecified atom stereocenters. The van der Waals surface area contributed by atoms with Gasteiger partial charge < -0.3 is 10.8 Å². The first-order valence-corrected chi connectivity index (χ1v) is 7.47. The van der Waals surface area contributed by atoms with Gasteiger partial charge in [0, 0.05) is 0 Å². The molecule has 19 heavy (non-hydrogen) atoms. The van der Waals surface area contributed by atoms with Crippen LogP contribution in [0.15, 0.2) is 47.4 Å². The predicted octanol–water partition coefficient (Wildman–Crippen LogP) is 2.60. The maximum Gasteiger partial charge on any atom is 0.182 e. The number of sulfone groups is 1. The zero-order valence-electron chi connectivity index (χ0n) is 9.88. The van der Waals surface area contributed by atoms with Crippen LogP contribution in [0.25, 0.3) is 0 Å². The number of nitrogens with two attached hydrogens (primary N) is 1. The minimum absolute atomic E-state index is 0.0941. The Morgan fingerprint density at radius 1 is 1.11 bits per heavy atom. The van der Waals surface area contributed by atoms with Crippen molar-refractivity contribution in [2.45, 2.75) is 10.6 Å². The number of hydrogen-bond acceptors (Lipinski definition) is 4. The van der Waals surface area contributed by atoms with Crippen molar-refractivity contribution in [3.63, 3.8) is 0 Å². The predicted molar refractivity (Wildman–Crippen MR) is 74.9 cm³/mol. The molecule has 0 bridgehead atoms. The first kappa shape index (κ1) is 13.7. The fraction of sp³-hybridized carbons (Fsp3) is 0.0769. The molecule has 0 saturated heterocycles. The number of phenols is 1. The number of halogens is 1. The topological polar surface area (TPSA) is 80.4 Å². The van der Waals surface area contributed by atoms with E-state index in [0.717, 1.165) is 0 Å². The first-order chi connectivity index (χ1) is 8.88. The smallest absolute Gasteiger partial charge is 0.182 e. The van der Waals surface area contributed by atoms with Crippen LogP contribution in [0.4, 0.5) is 5.69 Å². The second-order valence-electron chi connectivity index (χ2n) is 4.11. The van der Waals surface area contributed by atoms with Crippen LogP contribution in [-0.2, 0) is 15.6 Å². The summed E-state index contributed by atoms with van der Waals surface area (Å²) in [6.07, 6.45) is 0. The number of anilines is 1. The molecule has 0 fully saturated rings. The van der Waals surface area contributed by atoms with E-state index in [2.05, 4.69) is 0 Å². The van der Waals surface area contributed by atoms with E-state index in [1.165, 1.54) is 30.3 Å². The van der Waals surface area contributed by atoms with Crippen LogP contribution in [-0.4, -0.2) is 13.5 Å². The third-order valence-electron chi connectivity index (χ3n) is 2.62. The van der Waals surface area contributed by atoms with Crippen molar-refractivity contribution in [3.05, 3.63) is 53.1 Å². The van der Waals surface area contributed by atoms with Gasteiger partial charge in [0.1, 0.15) is 5.75 Å². The number of hydrogen-bond donors (Lipinski definition) is 2. The third kappa shape index (κ3) is 3.19. The van der Waals surface area contributed by atoms with Crippen LogP contribution in [0.2, 0.25) is 5.02 Å². The van der Waals surface area contributed by atoms with E-state index in [4.69, 9.17) is 22.4 Å². The molecular weight excluding hydrogens is 286 g/mol. The van der Waals surface area contributed by atoms with Gasteiger partial charge in [0.15, 0.2) is 9.84 Å². The lowest BCUT2D eigenvalue weighted by molar-refractivity contribution is 0.475. The van der Waals surface area contributed by atoms with Gasteiger partial charge in [0.05, 0.1) is 21.4 Å². The Kier molecular flexibility index (Phi) is 3.68. The summed E-state index contributed by atoms with van der Waals surface area (Å²) >= 11 is 5.82. The van der Waals surface area contributed by atoms with Crippen LogP contribution in [0.1, 0.15) is 5.56 Å². The highest BCUT2D eigenvalue weighted by atomic mass is 35.5. The van der Waals surface area contributed by atoms with E-state index in [1.54, 1.807) is 12.1 Å². The molecular formula is C13H12ClNO3S. The fourth-order valence-corrected chi connectivity index (χ4v) is 3.21. The van der Waals surface area contributed by atoms with E-state index in [9.17, 15) is 8.42 Å². The Hall–Kier alpha value is -1.72. The van der Waals surface area contributed by atoms with Gasteiger partial charge in [-0.2, -0.15) is 0 Å². The molecule has 0 aromatic heterocycles. The van der Waals surface area contributed by atoms with Crippen LogP contribution in [0.3, 0.4) is 0 Å². The summed E-state index contributed by atoms with van der Waals surface area (Å²) in [6, 6.07) is 10.2. The second-order valence-corrected chi connectivity index (χ2v) is 6.51. The van der Waals surface area contributed by atoms with Crippen molar-refractivity contribution in [2.24, 2.45) is 0 Å². The van der Waals surface area contributed by atoms with Crippen molar-refractivity contribution >= 4 is 27.1 Å². The highest BCUT2D eigenvalue weighted by Crippen LogP contribution is 2.25. The molecule has 0 aliphatic heterocycles. The van der Waals surface area contributed by atoms with Crippen molar-refractivity contribution in [3.8, 4) is 5.75 Å². The SMILES string of the molecule is Nc1ccc(S(=O)(=O)Cc2ccc(O)cc2)cc1Cl. The molecule has 0 atom stereocenters. The van der Waals surface area contributed by atoms with Crippen LogP contribution in [0.5, 0.6) is 5.75 Å². The zero-order valence-corrected chi connectivity index (χ0v) is 11.4. The Bertz CT molecular complexity index is 696. The molecule has 0 aliphatic carbocycles. The highest BCUT2D eigenvalue weighted by molar-refractivity contribution is 7.90. The fourth-order valence-electron chi connectivity index (χ4n) is 1.60. The normalized spacial score (nSPS) is 11.4. The van der Waals surface area contributed by atoms with Crippen molar-refractivity contribution in [2.75, 3.05) is 5.73 Å². The van der Waals surface area contributed by atoms with E-state index in [-0.39, 0.29) is 21.4 Å². The Morgan fingerprint density at radius 2 is 1.74 bits per heavy atom. The number of aromatic hydroxyl groups is 1. The van der Waals surface area contributed by atoms with Crippen molar-refractivity contribution in [1.82, 2.24) is 0 Å². The van der Waals surface area contributed by atoms with Gasteiger partial charge in [-0.15, -0.1) is 0 Å². The maximum atomic E-state index is 12.2. The van der Waals surface area contributed by atoms with Crippen LogP contribution >= 0.6 is 11.6 Å². The van der Waals surface area contributed by atoms with Gasteiger partial charge in [-0.3, -0.25) is 0 Å². The van der Waals surface area contributed by atoms with E-state index in [1.807, 2.05) is 0 Å². The molecule has 0 aliphatic rings. The summed E-state index contributed by atoms with van der Waals surface area (Å²) in [4.78, 5) is 0.125. The zero-order chi connectivity index (χ0) is 14.0. The second kappa shape index (κ2) is 5.11. The molecule has 0 saturated carbocycles. The lowest BCUT2D eigenvalue weighted by Gasteiger charge is -2.06. The monoisotopic (exact) mass is 297 g/mol. The van der Waals surface area contributed by atoms with Gasteiger partial charge in [-0.05, 0) is 35.9 Å². The van der Waals surface area contributed by atoms with Crippen molar-refractivity contribution < 1.29 is 13.5 Å². The highest BCUT2D eigenvalue weighted by Gasteiger charge is 2.16. The van der Waals surface area contributed by atoms with Crippen LogP contribution < -0.4 is 5.73 Å². The van der Waals surface area contributed by atoms with Crippen LogP contribution in [0, 0.1) is 0 Å². The summed E-state index contributed by atoms with van der Waals surface area (Å²) in [5, 5.41) is 9.37. The summed E-state index contributed by atoms with van der Waals surface area (Å²) in [7, 11) is -3.49. The summed E-state index contributed by atoms with van der Waals surface area (Å²) < 4.78 is 24.4. The molecule has 0 spiro atoms. The summed E-state index contributed by atoms with van der Waals surface area (Å²) in [6.45, 7) is 0. The number of rotatable bonds is 3. The summed E-state index contributed by atoms with van der Waals surface area (Å²) in [5.41, 5.74) is 6.47. The molecule has 0 heterocycles. The molecule has 0 amide bonds. The molecule has 0 radical (unpaired) electrons. The third-order valence-corrected chi connectivity index (χ3v) is 4.64. The standard InChI is InChI=1S/C13H12ClNO3S/c14-12-7-11(5-6-13(12)15)19(17,18)8-9-1-3-10(16)4-2-9/h1-7,16H,8,15H2. The minimum Gasteiger partial charge on any atom is -0.508 e. The molecule has 6 heteroatoms. The van der Waals surface area contributed by atoms with Crippen molar-refractivity contribution in [1.29, 1.82) is 0 Å². The van der Waals surface area contributed by atoms with E-state index < -0.39 is 9.84 Å². The first-order valence-electron chi connectivity index (χ1n) is 5.44. The molecule has 2 aromatic rings. The molecule has 4 nitrogen and oxygen atoms in total. The van der Waals surface area contributed by atoms with Gasteiger partial charge in [0.2, 0.25) is 0 Å². The lowest BCUT2D eigenvalue weighted by Crippen LogP contribution is -2.05. The Morgan fingerprint density at radius 3 is 2.32 bits per heavy atom. The van der Waals surface area contributed by atoms with E-state index in [0.29, 0.717) is 11.3 Å². The largest absolute Gasteiger partial charge is 0.508 e. The van der Waals surface area contributed by atoms with Gasteiger partial charge >= 0.3 is 0 Å². The average Bonchev–Trinajstić information content (AvgIpc) is 2.35. The number of nitrogen functional groups attached to an aromatic ring is 1. The quantitative estimate of drug-likeness (QED) is 0.853. The maximum absolute atomic E-state index is 12.2.